The van der Waals surface area contributed by atoms with E-state index in [2.05, 4.69) is 65.0 Å². The normalized spacial score (nSPS) is 12.6. The molecule has 0 aliphatic rings. The maximum absolute atomic E-state index is 4.35. The van der Waals surface area contributed by atoms with Crippen LogP contribution in [-0.4, -0.2) is 25.6 Å². The number of rotatable bonds is 7. The molecule has 0 aliphatic heterocycles. The fourth-order valence-electron chi connectivity index (χ4n) is 2.60. The van der Waals surface area contributed by atoms with Gasteiger partial charge in [-0.05, 0) is 18.4 Å². The highest BCUT2D eigenvalue weighted by atomic mass is 35.5. The summed E-state index contributed by atoms with van der Waals surface area (Å²) in [5, 5.41) is 0. The van der Waals surface area contributed by atoms with Gasteiger partial charge < -0.3 is 16.9 Å². The molecular weight excluding hydrogens is 254 g/mol. The van der Waals surface area contributed by atoms with Gasteiger partial charge in [-0.25, -0.2) is 0 Å². The smallest absolute Gasteiger partial charge is 0.135 e. The van der Waals surface area contributed by atoms with E-state index in [0.717, 1.165) is 10.9 Å². The molecule has 0 spiro atoms. The monoisotopic (exact) mass is 281 g/mol. The lowest BCUT2D eigenvalue weighted by Crippen LogP contribution is -3.00. The van der Waals surface area contributed by atoms with E-state index in [1.807, 2.05) is 0 Å². The first-order valence-corrected chi connectivity index (χ1v) is 7.00. The van der Waals surface area contributed by atoms with Crippen LogP contribution < -0.4 is 12.4 Å². The topological polar surface area (TPSA) is 0 Å². The largest absolute Gasteiger partial charge is 1.00 e. The molecule has 108 valence electrons. The van der Waals surface area contributed by atoms with E-state index in [0.29, 0.717) is 6.04 Å². The van der Waals surface area contributed by atoms with Crippen LogP contribution in [0.4, 0.5) is 0 Å². The third kappa shape index (κ3) is 5.80. The maximum Gasteiger partial charge on any atom is 0.135 e. The molecule has 0 saturated heterocycles. The Balaban J connectivity index is 0.00000324. The van der Waals surface area contributed by atoms with E-state index < -0.39 is 0 Å². The fourth-order valence-corrected chi connectivity index (χ4v) is 2.60. The first-order valence-electron chi connectivity index (χ1n) is 7.00. The van der Waals surface area contributed by atoms with Crippen LogP contribution in [-0.2, 0) is 0 Å². The molecule has 1 nitrogen and oxygen atoms in total. The number of likely N-dealkylation sites (N-methyl/N-ethyl adjacent to an activating group) is 1. The lowest BCUT2D eigenvalue weighted by atomic mass is 9.93. The first kappa shape index (κ1) is 18.2. The quantitative estimate of drug-likeness (QED) is 0.404. The number of quaternary nitrogens is 1. The fraction of sp³-hybridized carbons (Fsp3) is 0.529. The summed E-state index contributed by atoms with van der Waals surface area (Å²) in [7, 11) is 6.76. The van der Waals surface area contributed by atoms with E-state index in [1.54, 1.807) is 0 Å². The van der Waals surface area contributed by atoms with Crippen LogP contribution in [0, 0.1) is 0 Å². The number of halogens is 1. The molecule has 0 aromatic heterocycles. The van der Waals surface area contributed by atoms with Gasteiger partial charge in [0.15, 0.2) is 0 Å². The Labute approximate surface area is 125 Å². The second-order valence-electron chi connectivity index (χ2n) is 6.04. The molecule has 0 fully saturated rings. The van der Waals surface area contributed by atoms with Crippen LogP contribution in [0.1, 0.15) is 44.2 Å². The molecule has 0 radical (unpaired) electrons. The molecule has 1 aromatic rings. The van der Waals surface area contributed by atoms with Gasteiger partial charge in [0.25, 0.3) is 0 Å². The lowest BCUT2D eigenvalue weighted by molar-refractivity contribution is -0.896. The van der Waals surface area contributed by atoms with Gasteiger partial charge in [0.1, 0.15) is 6.04 Å². The van der Waals surface area contributed by atoms with E-state index in [1.165, 1.54) is 30.4 Å². The van der Waals surface area contributed by atoms with Crippen molar-refractivity contribution in [2.24, 2.45) is 0 Å². The van der Waals surface area contributed by atoms with Gasteiger partial charge in [0.2, 0.25) is 0 Å². The molecule has 0 amide bonds. The van der Waals surface area contributed by atoms with Gasteiger partial charge in [0.05, 0.1) is 21.1 Å². The standard InChI is InChI=1S/C17H28N.ClH/c1-6-7-9-12-15(2)17(18(3,4)5)16-13-10-8-11-14-16;/h8,10-11,13-14,17H,2,6-7,9,12H2,1,3-5H3;1H/q+1;/p-1. The van der Waals surface area contributed by atoms with Crippen molar-refractivity contribution < 1.29 is 16.9 Å². The number of benzene rings is 1. The van der Waals surface area contributed by atoms with E-state index in [4.69, 9.17) is 0 Å². The zero-order valence-corrected chi connectivity index (χ0v) is 13.6. The molecule has 1 aromatic carbocycles. The SMILES string of the molecule is C=C(CCCCC)C(c1ccccc1)[N+](C)(C)C.[Cl-]. The molecule has 0 heterocycles. The van der Waals surface area contributed by atoms with Gasteiger partial charge in [0, 0.05) is 5.56 Å². The molecule has 0 bridgehead atoms. The Hall–Kier alpha value is -0.790. The summed E-state index contributed by atoms with van der Waals surface area (Å²) in [6.45, 7) is 6.60. The Morgan fingerprint density at radius 1 is 1.11 bits per heavy atom. The predicted molar refractivity (Wildman–Crippen MR) is 80.5 cm³/mol. The third-order valence-electron chi connectivity index (χ3n) is 3.38. The summed E-state index contributed by atoms with van der Waals surface area (Å²) in [5.41, 5.74) is 2.74. The highest BCUT2D eigenvalue weighted by molar-refractivity contribution is 5.24. The van der Waals surface area contributed by atoms with Crippen LogP contribution in [0.5, 0.6) is 0 Å². The van der Waals surface area contributed by atoms with Crippen molar-refractivity contribution >= 4 is 0 Å². The molecule has 0 saturated carbocycles. The van der Waals surface area contributed by atoms with Crippen molar-refractivity contribution in [3.63, 3.8) is 0 Å². The molecule has 0 N–H and O–H groups in total. The van der Waals surface area contributed by atoms with Gasteiger partial charge in [-0.1, -0.05) is 56.7 Å². The molecular formula is C17H28ClN. The second kappa shape index (κ2) is 8.39. The van der Waals surface area contributed by atoms with Gasteiger partial charge in [-0.15, -0.1) is 0 Å². The van der Waals surface area contributed by atoms with E-state index in [-0.39, 0.29) is 12.4 Å². The highest BCUT2D eigenvalue weighted by Gasteiger charge is 2.27. The van der Waals surface area contributed by atoms with Crippen molar-refractivity contribution in [3.8, 4) is 0 Å². The third-order valence-corrected chi connectivity index (χ3v) is 3.38. The van der Waals surface area contributed by atoms with E-state index >= 15 is 0 Å². The number of hydrogen-bond acceptors (Lipinski definition) is 0. The summed E-state index contributed by atoms with van der Waals surface area (Å²) in [6, 6.07) is 11.2. The summed E-state index contributed by atoms with van der Waals surface area (Å²) in [5.74, 6) is 0. The summed E-state index contributed by atoms with van der Waals surface area (Å²) in [4.78, 5) is 0. The zero-order chi connectivity index (χ0) is 13.6. The second-order valence-corrected chi connectivity index (χ2v) is 6.04. The zero-order valence-electron chi connectivity index (χ0n) is 12.8. The van der Waals surface area contributed by atoms with Crippen LogP contribution in [0.2, 0.25) is 0 Å². The van der Waals surface area contributed by atoms with Crippen LogP contribution in [0.25, 0.3) is 0 Å². The Morgan fingerprint density at radius 2 is 1.68 bits per heavy atom. The molecule has 2 heteroatoms. The van der Waals surface area contributed by atoms with Crippen LogP contribution in [0.3, 0.4) is 0 Å². The molecule has 19 heavy (non-hydrogen) atoms. The van der Waals surface area contributed by atoms with Crippen molar-refractivity contribution in [3.05, 3.63) is 48.0 Å². The molecule has 1 unspecified atom stereocenters. The van der Waals surface area contributed by atoms with Gasteiger partial charge in [-0.2, -0.15) is 0 Å². The number of hydrogen-bond donors (Lipinski definition) is 0. The summed E-state index contributed by atoms with van der Waals surface area (Å²) in [6.07, 6.45) is 4.98. The Bertz CT molecular complexity index is 365. The minimum atomic E-state index is 0. The van der Waals surface area contributed by atoms with Crippen LogP contribution in [0.15, 0.2) is 42.5 Å². The Kier molecular flexibility index (Phi) is 8.05. The van der Waals surface area contributed by atoms with Crippen molar-refractivity contribution in [2.45, 2.75) is 38.6 Å². The summed E-state index contributed by atoms with van der Waals surface area (Å²) < 4.78 is 0.912. The minimum absolute atomic E-state index is 0. The maximum atomic E-state index is 4.35. The highest BCUT2D eigenvalue weighted by Crippen LogP contribution is 2.32. The van der Waals surface area contributed by atoms with Crippen molar-refractivity contribution in [2.75, 3.05) is 21.1 Å². The average Bonchev–Trinajstić information content (AvgIpc) is 2.29. The molecule has 1 atom stereocenters. The predicted octanol–water partition coefficient (Wildman–Crippen LogP) is 1.57. The van der Waals surface area contributed by atoms with Crippen molar-refractivity contribution in [1.29, 1.82) is 0 Å². The van der Waals surface area contributed by atoms with E-state index in [9.17, 15) is 0 Å². The number of nitrogens with zero attached hydrogens (tertiary/aromatic N) is 1. The molecule has 0 aliphatic carbocycles. The van der Waals surface area contributed by atoms with Gasteiger partial charge >= 0.3 is 0 Å². The van der Waals surface area contributed by atoms with Crippen LogP contribution >= 0.6 is 0 Å². The molecule has 1 rings (SSSR count). The number of unbranched alkanes of at least 4 members (excludes halogenated alkanes) is 2. The lowest BCUT2D eigenvalue weighted by Gasteiger charge is -2.36. The Morgan fingerprint density at radius 3 is 2.16 bits per heavy atom. The summed E-state index contributed by atoms with van der Waals surface area (Å²) >= 11 is 0. The van der Waals surface area contributed by atoms with Gasteiger partial charge in [-0.3, -0.25) is 0 Å². The van der Waals surface area contributed by atoms with Crippen molar-refractivity contribution in [1.82, 2.24) is 0 Å². The first-order chi connectivity index (χ1) is 8.46. The minimum Gasteiger partial charge on any atom is -1.00 e. The average molecular weight is 282 g/mol.